The molecule has 2 aromatic rings. The monoisotopic (exact) mass is 280 g/mol. The predicted octanol–water partition coefficient (Wildman–Crippen LogP) is 2.06. The van der Waals surface area contributed by atoms with Crippen molar-refractivity contribution < 1.29 is 9.90 Å². The number of benzene rings is 2. The van der Waals surface area contributed by atoms with Gasteiger partial charge in [0, 0.05) is 0 Å². The molecule has 3 heteroatoms. The molecule has 16 heavy (non-hydrogen) atoms. The molecule has 2 aromatic carbocycles. The number of aliphatic carboxylic acids is 1. The Morgan fingerprint density at radius 1 is 1.12 bits per heavy atom. The minimum absolute atomic E-state index is 0.266. The third-order valence-corrected chi connectivity index (χ3v) is 4.39. The summed E-state index contributed by atoms with van der Waals surface area (Å²) in [5, 5.41) is 11.8. The Hall–Kier alpha value is -1.31. The molecule has 0 heterocycles. The maximum absolute atomic E-state index is 10.4. The fraction of sp³-hybridized carbons (Fsp3) is 0.154. The average molecular weight is 279 g/mol. The molecule has 0 saturated carbocycles. The van der Waals surface area contributed by atoms with Crippen LogP contribution in [0.3, 0.4) is 0 Å². The van der Waals surface area contributed by atoms with E-state index >= 15 is 0 Å². The van der Waals surface area contributed by atoms with Gasteiger partial charge >= 0.3 is 100 Å². The summed E-state index contributed by atoms with van der Waals surface area (Å²) in [6.07, 6.45) is 0.271. The van der Waals surface area contributed by atoms with Crippen LogP contribution in [0, 0.1) is 0 Å². The van der Waals surface area contributed by atoms with E-state index in [1.807, 2.05) is 12.1 Å². The van der Waals surface area contributed by atoms with Crippen molar-refractivity contribution in [2.45, 2.75) is 11.7 Å². The second-order valence-corrected chi connectivity index (χ2v) is 5.95. The van der Waals surface area contributed by atoms with Gasteiger partial charge in [-0.3, -0.25) is 0 Å². The van der Waals surface area contributed by atoms with Crippen molar-refractivity contribution in [2.24, 2.45) is 0 Å². The van der Waals surface area contributed by atoms with Crippen LogP contribution < -0.4 is 4.46 Å². The Kier molecular flexibility index (Phi) is 3.60. The van der Waals surface area contributed by atoms with Gasteiger partial charge in [-0.15, -0.1) is 0 Å². The van der Waals surface area contributed by atoms with Gasteiger partial charge in [-0.1, -0.05) is 0 Å². The van der Waals surface area contributed by atoms with Gasteiger partial charge < -0.3 is 0 Å². The molecular formula is C13H12O2Se. The van der Waals surface area contributed by atoms with Crippen molar-refractivity contribution >= 4 is 36.2 Å². The van der Waals surface area contributed by atoms with Gasteiger partial charge in [0.1, 0.15) is 0 Å². The van der Waals surface area contributed by atoms with Gasteiger partial charge in [0.15, 0.2) is 0 Å². The normalized spacial score (nSPS) is 10.5. The van der Waals surface area contributed by atoms with Crippen LogP contribution in [-0.2, 0) is 4.79 Å². The van der Waals surface area contributed by atoms with Gasteiger partial charge in [0.2, 0.25) is 0 Å². The minimum atomic E-state index is -0.706. The molecule has 2 rings (SSSR count). The summed E-state index contributed by atoms with van der Waals surface area (Å²) < 4.78 is 1.27. The molecule has 0 saturated heterocycles. The standard InChI is InChI=1S/C13H12O2Se/c14-13(15)7-8-16-12-6-5-10-3-1-2-4-11(10)9-12/h1-6,9H,7-8H2,(H,14,15). The number of hydrogen-bond donors (Lipinski definition) is 1. The summed E-state index contributed by atoms with van der Waals surface area (Å²) in [4.78, 5) is 10.4. The molecule has 0 spiro atoms. The molecule has 0 amide bonds. The van der Waals surface area contributed by atoms with Crippen LogP contribution in [0.15, 0.2) is 42.5 Å². The number of carbonyl (C=O) groups is 1. The first-order valence-corrected chi connectivity index (χ1v) is 7.16. The van der Waals surface area contributed by atoms with E-state index < -0.39 is 5.97 Å². The van der Waals surface area contributed by atoms with Crippen molar-refractivity contribution in [3.05, 3.63) is 42.5 Å². The fourth-order valence-electron chi connectivity index (χ4n) is 1.51. The summed E-state index contributed by atoms with van der Waals surface area (Å²) >= 11 is 0.266. The second kappa shape index (κ2) is 5.15. The average Bonchev–Trinajstić information content (AvgIpc) is 2.28. The van der Waals surface area contributed by atoms with Crippen molar-refractivity contribution in [2.75, 3.05) is 0 Å². The topological polar surface area (TPSA) is 37.3 Å². The van der Waals surface area contributed by atoms with E-state index in [1.54, 1.807) is 0 Å². The molecule has 2 nitrogen and oxygen atoms in total. The molecule has 0 fully saturated rings. The Bertz CT molecular complexity index is 508. The van der Waals surface area contributed by atoms with E-state index in [4.69, 9.17) is 5.11 Å². The van der Waals surface area contributed by atoms with Crippen LogP contribution in [0.5, 0.6) is 0 Å². The summed E-state index contributed by atoms with van der Waals surface area (Å²) in [5.41, 5.74) is 0. The van der Waals surface area contributed by atoms with E-state index in [0.717, 1.165) is 5.32 Å². The Balaban J connectivity index is 2.10. The number of carboxylic acids is 1. The predicted molar refractivity (Wildman–Crippen MR) is 66.4 cm³/mol. The maximum atomic E-state index is 10.4. The second-order valence-electron chi connectivity index (χ2n) is 3.50. The molecule has 1 N–H and O–H groups in total. The van der Waals surface area contributed by atoms with Crippen LogP contribution in [0.25, 0.3) is 10.8 Å². The quantitative estimate of drug-likeness (QED) is 0.870. The van der Waals surface area contributed by atoms with Gasteiger partial charge in [-0.25, -0.2) is 0 Å². The van der Waals surface area contributed by atoms with E-state index in [0.29, 0.717) is 0 Å². The van der Waals surface area contributed by atoms with Gasteiger partial charge in [-0.2, -0.15) is 0 Å². The third kappa shape index (κ3) is 2.84. The van der Waals surface area contributed by atoms with Crippen molar-refractivity contribution in [1.82, 2.24) is 0 Å². The Labute approximate surface area is 100 Å². The van der Waals surface area contributed by atoms with E-state index in [1.165, 1.54) is 15.2 Å². The third-order valence-electron chi connectivity index (χ3n) is 2.31. The Morgan fingerprint density at radius 2 is 1.88 bits per heavy atom. The molecule has 0 aliphatic rings. The molecule has 0 unspecified atom stereocenters. The zero-order valence-electron chi connectivity index (χ0n) is 8.72. The number of rotatable bonds is 4. The first-order valence-electron chi connectivity index (χ1n) is 5.09. The molecule has 0 aliphatic carbocycles. The molecule has 0 atom stereocenters. The zero-order valence-corrected chi connectivity index (χ0v) is 10.4. The number of fused-ring (bicyclic) bond motifs is 1. The van der Waals surface area contributed by atoms with E-state index in [9.17, 15) is 4.79 Å². The fourth-order valence-corrected chi connectivity index (χ4v) is 3.37. The summed E-state index contributed by atoms with van der Waals surface area (Å²) in [5.74, 6) is -0.706. The molecule has 0 aromatic heterocycles. The first-order chi connectivity index (χ1) is 7.75. The van der Waals surface area contributed by atoms with Gasteiger partial charge in [0.25, 0.3) is 0 Å². The van der Waals surface area contributed by atoms with Crippen LogP contribution in [0.4, 0.5) is 0 Å². The summed E-state index contributed by atoms with van der Waals surface area (Å²) in [6, 6.07) is 14.6. The Morgan fingerprint density at radius 3 is 2.62 bits per heavy atom. The van der Waals surface area contributed by atoms with Gasteiger partial charge in [-0.05, 0) is 0 Å². The van der Waals surface area contributed by atoms with E-state index in [-0.39, 0.29) is 21.4 Å². The number of hydrogen-bond acceptors (Lipinski definition) is 1. The summed E-state index contributed by atoms with van der Waals surface area (Å²) in [6.45, 7) is 0. The van der Waals surface area contributed by atoms with Crippen molar-refractivity contribution in [1.29, 1.82) is 0 Å². The van der Waals surface area contributed by atoms with Crippen molar-refractivity contribution in [3.63, 3.8) is 0 Å². The molecule has 0 aliphatic heterocycles. The summed E-state index contributed by atoms with van der Waals surface area (Å²) in [7, 11) is 0. The van der Waals surface area contributed by atoms with Crippen LogP contribution in [0.2, 0.25) is 5.32 Å². The van der Waals surface area contributed by atoms with Crippen LogP contribution >= 0.6 is 0 Å². The molecular weight excluding hydrogens is 267 g/mol. The van der Waals surface area contributed by atoms with E-state index in [2.05, 4.69) is 30.3 Å². The molecule has 82 valence electrons. The first kappa shape index (κ1) is 11.2. The van der Waals surface area contributed by atoms with Crippen molar-refractivity contribution in [3.8, 4) is 0 Å². The zero-order chi connectivity index (χ0) is 11.4. The molecule has 0 bridgehead atoms. The van der Waals surface area contributed by atoms with Crippen LogP contribution in [0.1, 0.15) is 6.42 Å². The SMILES string of the molecule is O=C(O)CC[Se]c1ccc2ccccc2c1. The molecule has 0 radical (unpaired) electrons. The van der Waals surface area contributed by atoms with Crippen LogP contribution in [-0.4, -0.2) is 26.0 Å². The number of carboxylic acid groups (broad SMARTS) is 1. The van der Waals surface area contributed by atoms with Gasteiger partial charge in [0.05, 0.1) is 0 Å².